The molecule has 1 N–H and O–H groups in total. The van der Waals surface area contributed by atoms with Crippen LogP contribution >= 0.6 is 0 Å². The number of likely N-dealkylation sites (tertiary alicyclic amines) is 1. The van der Waals surface area contributed by atoms with Crippen LogP contribution in [0.5, 0.6) is 0 Å². The molecule has 1 aromatic rings. The number of hydrogen-bond acceptors (Lipinski definition) is 5. The van der Waals surface area contributed by atoms with Gasteiger partial charge in [-0.25, -0.2) is 9.97 Å². The number of nitrogens with zero attached hydrogens (tertiary/aromatic N) is 4. The second kappa shape index (κ2) is 6.74. The molecule has 0 atom stereocenters. The summed E-state index contributed by atoms with van der Waals surface area (Å²) in [4.78, 5) is 25.2. The molecule has 0 aromatic carbocycles. The monoisotopic (exact) mass is 291 g/mol. The van der Waals surface area contributed by atoms with E-state index in [2.05, 4.69) is 15.3 Å². The number of amides is 1. The molecule has 0 aliphatic carbocycles. The lowest BCUT2D eigenvalue weighted by atomic mass is 10.2. The third-order valence-corrected chi connectivity index (χ3v) is 3.91. The molecule has 1 aliphatic heterocycles. The number of aryl methyl sites for hydroxylation is 1. The Morgan fingerprint density at radius 3 is 2.57 bits per heavy atom. The number of anilines is 2. The zero-order chi connectivity index (χ0) is 15.4. The van der Waals surface area contributed by atoms with Crippen molar-refractivity contribution in [2.75, 3.05) is 43.9 Å². The summed E-state index contributed by atoms with van der Waals surface area (Å²) in [5, 5.41) is 3.10. The molecule has 1 saturated heterocycles. The third-order valence-electron chi connectivity index (χ3n) is 3.91. The summed E-state index contributed by atoms with van der Waals surface area (Å²) in [5.41, 5.74) is 0.978. The minimum atomic E-state index is 0.178. The zero-order valence-electron chi connectivity index (χ0n) is 13.4. The van der Waals surface area contributed by atoms with Crippen molar-refractivity contribution >= 4 is 17.5 Å². The molecular weight excluding hydrogens is 266 g/mol. The maximum absolute atomic E-state index is 12.3. The van der Waals surface area contributed by atoms with Gasteiger partial charge < -0.3 is 15.1 Å². The Morgan fingerprint density at radius 2 is 2.00 bits per heavy atom. The van der Waals surface area contributed by atoms with E-state index >= 15 is 0 Å². The largest absolute Gasteiger partial charge is 0.373 e. The number of carbonyl (C=O) groups is 1. The van der Waals surface area contributed by atoms with E-state index in [9.17, 15) is 4.79 Å². The number of rotatable bonds is 5. The van der Waals surface area contributed by atoms with Crippen LogP contribution in [0.1, 0.15) is 31.2 Å². The maximum atomic E-state index is 12.3. The number of carbonyl (C=O) groups excluding carboxylic acids is 1. The van der Waals surface area contributed by atoms with Crippen LogP contribution in [-0.4, -0.2) is 54.5 Å². The summed E-state index contributed by atoms with van der Waals surface area (Å²) in [6, 6.07) is 0. The van der Waals surface area contributed by atoms with E-state index in [4.69, 9.17) is 0 Å². The van der Waals surface area contributed by atoms with Crippen molar-refractivity contribution in [3.63, 3.8) is 0 Å². The molecule has 21 heavy (non-hydrogen) atoms. The molecule has 0 spiro atoms. The number of likely N-dealkylation sites (N-methyl/N-ethyl adjacent to an activating group) is 1. The predicted octanol–water partition coefficient (Wildman–Crippen LogP) is 1.45. The fourth-order valence-electron chi connectivity index (χ4n) is 2.67. The predicted molar refractivity (Wildman–Crippen MR) is 84.8 cm³/mol. The maximum Gasteiger partial charge on any atom is 0.242 e. The van der Waals surface area contributed by atoms with Crippen molar-refractivity contribution < 1.29 is 4.79 Å². The van der Waals surface area contributed by atoms with Crippen molar-refractivity contribution in [3.05, 3.63) is 11.4 Å². The van der Waals surface area contributed by atoms with Gasteiger partial charge in [0.1, 0.15) is 17.5 Å². The Hall–Kier alpha value is -1.85. The molecule has 0 unspecified atom stereocenters. The van der Waals surface area contributed by atoms with E-state index in [1.165, 1.54) is 0 Å². The van der Waals surface area contributed by atoms with Gasteiger partial charge in [-0.3, -0.25) is 4.79 Å². The molecule has 1 fully saturated rings. The molecule has 116 valence electrons. The Labute approximate surface area is 126 Å². The quantitative estimate of drug-likeness (QED) is 0.889. The highest BCUT2D eigenvalue weighted by Crippen LogP contribution is 2.23. The standard InChI is InChI=1S/C15H25N5O/c1-5-12-17-14(16-3)11(2)15(18-12)19(4)10-13(21)20-8-6-7-9-20/h5-10H2,1-4H3,(H,16,17,18). The smallest absolute Gasteiger partial charge is 0.242 e. The summed E-state index contributed by atoms with van der Waals surface area (Å²) in [5.74, 6) is 2.63. The minimum Gasteiger partial charge on any atom is -0.373 e. The first-order valence-corrected chi connectivity index (χ1v) is 7.61. The first-order valence-electron chi connectivity index (χ1n) is 7.61. The lowest BCUT2D eigenvalue weighted by molar-refractivity contribution is -0.128. The van der Waals surface area contributed by atoms with Crippen LogP contribution in [0.4, 0.5) is 11.6 Å². The molecule has 1 aromatic heterocycles. The molecule has 1 aliphatic rings. The lowest BCUT2D eigenvalue weighted by Gasteiger charge is -2.24. The number of nitrogens with one attached hydrogen (secondary N) is 1. The lowest BCUT2D eigenvalue weighted by Crippen LogP contribution is -2.38. The van der Waals surface area contributed by atoms with E-state index in [1.807, 2.05) is 37.7 Å². The van der Waals surface area contributed by atoms with Crippen LogP contribution in [0, 0.1) is 6.92 Å². The van der Waals surface area contributed by atoms with E-state index in [0.29, 0.717) is 6.54 Å². The molecule has 6 nitrogen and oxygen atoms in total. The SMILES string of the molecule is CCc1nc(NC)c(C)c(N(C)CC(=O)N2CCCC2)n1. The minimum absolute atomic E-state index is 0.178. The van der Waals surface area contributed by atoms with Crippen molar-refractivity contribution in [2.24, 2.45) is 0 Å². The highest BCUT2D eigenvalue weighted by atomic mass is 16.2. The number of aromatic nitrogens is 2. The van der Waals surface area contributed by atoms with Crippen LogP contribution < -0.4 is 10.2 Å². The fourth-order valence-corrected chi connectivity index (χ4v) is 2.67. The summed E-state index contributed by atoms with van der Waals surface area (Å²) in [6.07, 6.45) is 3.01. The van der Waals surface area contributed by atoms with Crippen LogP contribution in [0.3, 0.4) is 0 Å². The molecule has 1 amide bonds. The topological polar surface area (TPSA) is 61.4 Å². The zero-order valence-corrected chi connectivity index (χ0v) is 13.4. The molecule has 6 heteroatoms. The molecule has 2 heterocycles. The summed E-state index contributed by atoms with van der Waals surface area (Å²) in [6.45, 7) is 6.15. The van der Waals surface area contributed by atoms with E-state index < -0.39 is 0 Å². The van der Waals surface area contributed by atoms with Gasteiger partial charge in [-0.1, -0.05) is 6.92 Å². The molecule has 2 rings (SSSR count). The third kappa shape index (κ3) is 3.43. The van der Waals surface area contributed by atoms with Crippen molar-refractivity contribution in [1.82, 2.24) is 14.9 Å². The van der Waals surface area contributed by atoms with Gasteiger partial charge in [-0.15, -0.1) is 0 Å². The van der Waals surface area contributed by atoms with E-state index in [0.717, 1.165) is 55.4 Å². The summed E-state index contributed by atoms with van der Waals surface area (Å²) in [7, 11) is 3.77. The average molecular weight is 291 g/mol. The Balaban J connectivity index is 2.17. The van der Waals surface area contributed by atoms with Crippen LogP contribution in [0.15, 0.2) is 0 Å². The van der Waals surface area contributed by atoms with Gasteiger partial charge in [0.25, 0.3) is 0 Å². The van der Waals surface area contributed by atoms with Crippen LogP contribution in [0.2, 0.25) is 0 Å². The van der Waals surface area contributed by atoms with Gasteiger partial charge >= 0.3 is 0 Å². The molecular formula is C15H25N5O. The summed E-state index contributed by atoms with van der Waals surface area (Å²) < 4.78 is 0. The van der Waals surface area contributed by atoms with Crippen LogP contribution in [-0.2, 0) is 11.2 Å². The highest BCUT2D eigenvalue weighted by molar-refractivity contribution is 5.81. The van der Waals surface area contributed by atoms with Crippen molar-refractivity contribution in [1.29, 1.82) is 0 Å². The van der Waals surface area contributed by atoms with Gasteiger partial charge in [0.05, 0.1) is 6.54 Å². The first kappa shape index (κ1) is 15.5. The van der Waals surface area contributed by atoms with Crippen LogP contribution in [0.25, 0.3) is 0 Å². The summed E-state index contributed by atoms with van der Waals surface area (Å²) >= 11 is 0. The average Bonchev–Trinajstić information content (AvgIpc) is 3.01. The van der Waals surface area contributed by atoms with Gasteiger partial charge in [0, 0.05) is 39.2 Å². The fraction of sp³-hybridized carbons (Fsp3) is 0.667. The molecule has 0 bridgehead atoms. The molecule has 0 saturated carbocycles. The van der Waals surface area contributed by atoms with E-state index in [1.54, 1.807) is 0 Å². The second-order valence-corrected chi connectivity index (χ2v) is 5.48. The second-order valence-electron chi connectivity index (χ2n) is 5.48. The van der Waals surface area contributed by atoms with Gasteiger partial charge in [0.15, 0.2) is 0 Å². The van der Waals surface area contributed by atoms with Gasteiger partial charge in [-0.05, 0) is 19.8 Å². The highest BCUT2D eigenvalue weighted by Gasteiger charge is 2.21. The van der Waals surface area contributed by atoms with Crippen molar-refractivity contribution in [2.45, 2.75) is 33.1 Å². The Morgan fingerprint density at radius 1 is 1.33 bits per heavy atom. The molecule has 0 radical (unpaired) electrons. The van der Waals surface area contributed by atoms with Crippen molar-refractivity contribution in [3.8, 4) is 0 Å². The number of hydrogen-bond donors (Lipinski definition) is 1. The Kier molecular flexibility index (Phi) is 4.98. The normalized spacial score (nSPS) is 14.4. The van der Waals surface area contributed by atoms with Gasteiger partial charge in [0.2, 0.25) is 5.91 Å². The Bertz CT molecular complexity index is 511. The van der Waals surface area contributed by atoms with Gasteiger partial charge in [-0.2, -0.15) is 0 Å². The van der Waals surface area contributed by atoms with E-state index in [-0.39, 0.29) is 5.91 Å². The first-order chi connectivity index (χ1) is 10.1.